The molecule has 8 nitrogen and oxygen atoms in total. The average molecular weight is 519 g/mol. The number of anilines is 1. The molecule has 0 saturated carbocycles. The molecule has 3 aromatic rings. The summed E-state index contributed by atoms with van der Waals surface area (Å²) in [6.07, 6.45) is 0. The van der Waals surface area contributed by atoms with Crippen LogP contribution in [-0.4, -0.2) is 66.9 Å². The number of carbonyl (C=O) groups excluding carboxylic acids is 2. The summed E-state index contributed by atoms with van der Waals surface area (Å²) in [6, 6.07) is 19.4. The molecule has 0 radical (unpaired) electrons. The van der Waals surface area contributed by atoms with Crippen molar-refractivity contribution in [2.45, 2.75) is 26.4 Å². The van der Waals surface area contributed by atoms with E-state index in [0.29, 0.717) is 25.6 Å². The van der Waals surface area contributed by atoms with Gasteiger partial charge in [-0.3, -0.25) is 9.69 Å². The molecule has 3 aromatic carbocycles. The molecule has 1 fully saturated rings. The molecule has 0 spiro atoms. The molecule has 1 saturated heterocycles. The number of carbonyl (C=O) groups is 2. The molecule has 0 unspecified atom stereocenters. The van der Waals surface area contributed by atoms with Crippen LogP contribution in [0.3, 0.4) is 0 Å². The summed E-state index contributed by atoms with van der Waals surface area (Å²) in [6.45, 7) is 9.71. The molecule has 1 aliphatic heterocycles. The molecule has 8 heteroatoms. The van der Waals surface area contributed by atoms with E-state index in [2.05, 4.69) is 10.2 Å². The van der Waals surface area contributed by atoms with E-state index in [0.717, 1.165) is 30.8 Å². The summed E-state index contributed by atoms with van der Waals surface area (Å²) in [4.78, 5) is 28.4. The van der Waals surface area contributed by atoms with E-state index < -0.39 is 17.5 Å². The third kappa shape index (κ3) is 7.34. The fraction of sp³-hybridized carbons (Fsp3) is 0.333. The maximum Gasteiger partial charge on any atom is 0.340 e. The number of benzene rings is 3. The fourth-order valence-electron chi connectivity index (χ4n) is 4.07. The first-order valence-corrected chi connectivity index (χ1v) is 12.7. The predicted octanol–water partition coefficient (Wildman–Crippen LogP) is 4.98. The number of morpholine rings is 1. The van der Waals surface area contributed by atoms with Gasteiger partial charge in [0.05, 0.1) is 30.0 Å². The van der Waals surface area contributed by atoms with Gasteiger partial charge in [0, 0.05) is 25.7 Å². The summed E-state index contributed by atoms with van der Waals surface area (Å²) in [5, 5.41) is 13.4. The van der Waals surface area contributed by atoms with Gasteiger partial charge in [0.1, 0.15) is 23.7 Å². The molecule has 0 bridgehead atoms. The minimum atomic E-state index is -0.702. The number of ether oxygens (including phenoxy) is 3. The van der Waals surface area contributed by atoms with Gasteiger partial charge in [-0.25, -0.2) is 4.79 Å². The monoisotopic (exact) mass is 518 g/mol. The Balaban J connectivity index is 1.51. The van der Waals surface area contributed by atoms with Crippen molar-refractivity contribution in [1.29, 1.82) is 0 Å². The van der Waals surface area contributed by atoms with E-state index in [4.69, 9.17) is 14.2 Å². The molecule has 38 heavy (non-hydrogen) atoms. The van der Waals surface area contributed by atoms with Crippen molar-refractivity contribution in [3.05, 3.63) is 77.9 Å². The smallest absolute Gasteiger partial charge is 0.340 e. The summed E-state index contributed by atoms with van der Waals surface area (Å²) >= 11 is 0. The minimum absolute atomic E-state index is 0.0609. The minimum Gasteiger partial charge on any atom is -0.507 e. The highest BCUT2D eigenvalue weighted by molar-refractivity contribution is 6.09. The van der Waals surface area contributed by atoms with Gasteiger partial charge in [-0.2, -0.15) is 0 Å². The van der Waals surface area contributed by atoms with E-state index >= 15 is 0 Å². The van der Waals surface area contributed by atoms with Crippen LogP contribution < -0.4 is 10.1 Å². The van der Waals surface area contributed by atoms with Crippen LogP contribution in [0.25, 0.3) is 11.1 Å². The lowest BCUT2D eigenvalue weighted by Crippen LogP contribution is -2.38. The average Bonchev–Trinajstić information content (AvgIpc) is 2.89. The number of amides is 1. The van der Waals surface area contributed by atoms with Crippen LogP contribution in [-0.2, 0) is 9.47 Å². The Morgan fingerprint density at radius 3 is 2.34 bits per heavy atom. The van der Waals surface area contributed by atoms with E-state index in [1.807, 2.05) is 36.4 Å². The molecule has 4 rings (SSSR count). The van der Waals surface area contributed by atoms with E-state index in [9.17, 15) is 14.7 Å². The van der Waals surface area contributed by atoms with Crippen LogP contribution >= 0.6 is 0 Å². The second-order valence-electron chi connectivity index (χ2n) is 10.1. The zero-order valence-corrected chi connectivity index (χ0v) is 22.0. The van der Waals surface area contributed by atoms with Crippen molar-refractivity contribution in [2.75, 3.05) is 44.8 Å². The maximum absolute atomic E-state index is 13.2. The van der Waals surface area contributed by atoms with Crippen molar-refractivity contribution < 1.29 is 28.9 Å². The second-order valence-corrected chi connectivity index (χ2v) is 10.1. The van der Waals surface area contributed by atoms with Gasteiger partial charge >= 0.3 is 5.97 Å². The highest BCUT2D eigenvalue weighted by Crippen LogP contribution is 2.29. The van der Waals surface area contributed by atoms with Crippen molar-refractivity contribution in [3.8, 4) is 22.6 Å². The standard InChI is InChI=1S/C30H34N2O6/c1-30(2,3)38-29(35)24-11-9-22(21-7-5-4-6-8-21)19-26(24)31-28(34)25-12-10-23(20-27(25)33)37-18-15-32-13-16-36-17-14-32/h4-12,19-20,33H,13-18H2,1-3H3,(H,31,34). The van der Waals surface area contributed by atoms with Gasteiger partial charge in [-0.1, -0.05) is 36.4 Å². The number of nitrogens with one attached hydrogen (secondary N) is 1. The predicted molar refractivity (Wildman–Crippen MR) is 146 cm³/mol. The number of rotatable bonds is 8. The number of phenols is 1. The first-order chi connectivity index (χ1) is 18.2. The molecule has 1 heterocycles. The largest absolute Gasteiger partial charge is 0.507 e. The summed E-state index contributed by atoms with van der Waals surface area (Å²) < 4.78 is 16.7. The number of hydrogen-bond acceptors (Lipinski definition) is 7. The zero-order chi connectivity index (χ0) is 27.1. The number of hydrogen-bond donors (Lipinski definition) is 2. The lowest BCUT2D eigenvalue weighted by atomic mass is 10.0. The van der Waals surface area contributed by atoms with Crippen LogP contribution in [0.15, 0.2) is 66.7 Å². The summed E-state index contributed by atoms with van der Waals surface area (Å²) in [5.74, 6) is -0.865. The Bertz CT molecular complexity index is 1260. The first-order valence-electron chi connectivity index (χ1n) is 12.7. The highest BCUT2D eigenvalue weighted by atomic mass is 16.6. The highest BCUT2D eigenvalue weighted by Gasteiger charge is 2.23. The maximum atomic E-state index is 13.2. The summed E-state index contributed by atoms with van der Waals surface area (Å²) in [7, 11) is 0. The van der Waals surface area contributed by atoms with Gasteiger partial charge in [0.25, 0.3) is 5.91 Å². The zero-order valence-electron chi connectivity index (χ0n) is 22.0. The van der Waals surface area contributed by atoms with E-state index in [-0.39, 0.29) is 22.6 Å². The molecule has 1 aliphatic rings. The van der Waals surface area contributed by atoms with Crippen LogP contribution in [0, 0.1) is 0 Å². The molecule has 1 amide bonds. The number of nitrogens with zero attached hydrogens (tertiary/aromatic N) is 1. The Hall–Kier alpha value is -3.88. The molecule has 2 N–H and O–H groups in total. The van der Waals surface area contributed by atoms with Gasteiger partial charge in [-0.15, -0.1) is 0 Å². The summed E-state index contributed by atoms with van der Waals surface area (Å²) in [5.41, 5.74) is 1.62. The molecular formula is C30H34N2O6. The third-order valence-corrected chi connectivity index (χ3v) is 5.99. The van der Waals surface area contributed by atoms with Crippen LogP contribution in [0.4, 0.5) is 5.69 Å². The molecule has 0 atom stereocenters. The van der Waals surface area contributed by atoms with Crippen LogP contribution in [0.5, 0.6) is 11.5 Å². The van der Waals surface area contributed by atoms with Gasteiger partial charge < -0.3 is 24.6 Å². The number of aromatic hydroxyl groups is 1. The molecule has 200 valence electrons. The Morgan fingerprint density at radius 1 is 0.947 bits per heavy atom. The normalized spacial score (nSPS) is 14.1. The van der Waals surface area contributed by atoms with E-state index in [1.165, 1.54) is 12.1 Å². The molecule has 0 aliphatic carbocycles. The Labute approximate surface area is 223 Å². The van der Waals surface area contributed by atoms with Crippen molar-refractivity contribution in [2.24, 2.45) is 0 Å². The third-order valence-electron chi connectivity index (χ3n) is 5.99. The van der Waals surface area contributed by atoms with Crippen LogP contribution in [0.1, 0.15) is 41.5 Å². The van der Waals surface area contributed by atoms with Crippen LogP contribution in [0.2, 0.25) is 0 Å². The van der Waals surface area contributed by atoms with Crippen molar-refractivity contribution in [3.63, 3.8) is 0 Å². The van der Waals surface area contributed by atoms with Gasteiger partial charge in [0.15, 0.2) is 0 Å². The quantitative estimate of drug-likeness (QED) is 0.406. The lowest BCUT2D eigenvalue weighted by molar-refractivity contribution is 0.00707. The molecular weight excluding hydrogens is 484 g/mol. The number of esters is 1. The van der Waals surface area contributed by atoms with Crippen molar-refractivity contribution >= 4 is 17.6 Å². The first kappa shape index (κ1) is 27.2. The van der Waals surface area contributed by atoms with Crippen molar-refractivity contribution in [1.82, 2.24) is 4.90 Å². The lowest BCUT2D eigenvalue weighted by Gasteiger charge is -2.26. The van der Waals surface area contributed by atoms with Gasteiger partial charge in [-0.05, 0) is 56.2 Å². The number of phenolic OH excluding ortho intramolecular Hbond substituents is 1. The van der Waals surface area contributed by atoms with Gasteiger partial charge in [0.2, 0.25) is 0 Å². The topological polar surface area (TPSA) is 97.3 Å². The fourth-order valence-corrected chi connectivity index (χ4v) is 4.07. The van der Waals surface area contributed by atoms with E-state index in [1.54, 1.807) is 39.0 Å². The second kappa shape index (κ2) is 12.1. The Kier molecular flexibility index (Phi) is 8.66. The SMILES string of the molecule is CC(C)(C)OC(=O)c1ccc(-c2ccccc2)cc1NC(=O)c1ccc(OCCN2CCOCC2)cc1O. The molecule has 0 aromatic heterocycles. The Morgan fingerprint density at radius 2 is 1.66 bits per heavy atom.